The molecule has 2 heterocycles. The fourth-order valence-electron chi connectivity index (χ4n) is 2.23. The quantitative estimate of drug-likeness (QED) is 0.637. The molecule has 2 aromatic heterocycles. The van der Waals surface area contributed by atoms with Gasteiger partial charge in [-0.1, -0.05) is 13.0 Å². The van der Waals surface area contributed by atoms with Gasteiger partial charge in [0.15, 0.2) is 0 Å². The molecular formula is C17H22N2O4S2. The summed E-state index contributed by atoms with van der Waals surface area (Å²) in [6.07, 6.45) is 0.661. The number of carbonyl (C=O) groups excluding carboxylic acids is 1. The second-order valence-electron chi connectivity index (χ2n) is 5.56. The number of nitrogens with zero attached hydrogens (tertiary/aromatic N) is 2. The summed E-state index contributed by atoms with van der Waals surface area (Å²) >= 11 is 2.99. The molecule has 2 rings (SSSR count). The number of aliphatic carboxylic acids is 1. The minimum Gasteiger partial charge on any atom is -0.481 e. The van der Waals surface area contributed by atoms with Crippen LogP contribution in [0, 0.1) is 5.92 Å². The molecule has 0 aliphatic carbocycles. The highest BCUT2D eigenvalue weighted by atomic mass is 32.1. The van der Waals surface area contributed by atoms with Crippen molar-refractivity contribution in [2.75, 3.05) is 26.3 Å². The molecule has 6 nitrogen and oxygen atoms in total. The molecule has 0 fully saturated rings. The van der Waals surface area contributed by atoms with E-state index in [1.54, 1.807) is 28.5 Å². The first-order chi connectivity index (χ1) is 12.0. The van der Waals surface area contributed by atoms with Gasteiger partial charge in [-0.05, 0) is 24.8 Å². The summed E-state index contributed by atoms with van der Waals surface area (Å²) in [6, 6.07) is 3.90. The molecule has 8 heteroatoms. The number of aromatic nitrogens is 1. The van der Waals surface area contributed by atoms with Gasteiger partial charge in [-0.3, -0.25) is 9.59 Å². The molecule has 1 atom stereocenters. The number of hydrogen-bond donors (Lipinski definition) is 1. The number of carbonyl (C=O) groups is 2. The molecule has 1 N–H and O–H groups in total. The molecule has 0 aliphatic heterocycles. The van der Waals surface area contributed by atoms with Crippen molar-refractivity contribution >= 4 is 34.6 Å². The highest BCUT2D eigenvalue weighted by Gasteiger charge is 2.23. The van der Waals surface area contributed by atoms with E-state index in [2.05, 4.69) is 4.98 Å². The SMILES string of the molecule is CCOCCCN(CC(C)C(=O)O)C(=O)c1csc(-c2cccs2)n1. The van der Waals surface area contributed by atoms with Gasteiger partial charge in [0.1, 0.15) is 10.7 Å². The zero-order chi connectivity index (χ0) is 18.2. The van der Waals surface area contributed by atoms with Gasteiger partial charge >= 0.3 is 5.97 Å². The number of thiazole rings is 1. The number of ether oxygens (including phenoxy) is 1. The van der Waals surface area contributed by atoms with Crippen molar-refractivity contribution in [2.45, 2.75) is 20.3 Å². The lowest BCUT2D eigenvalue weighted by atomic mass is 10.1. The molecule has 0 bridgehead atoms. The van der Waals surface area contributed by atoms with E-state index in [4.69, 9.17) is 9.84 Å². The Kier molecular flexibility index (Phi) is 7.54. The van der Waals surface area contributed by atoms with Crippen molar-refractivity contribution < 1.29 is 19.4 Å². The van der Waals surface area contributed by atoms with Crippen LogP contribution in [0.2, 0.25) is 0 Å². The normalized spacial score (nSPS) is 12.1. The number of amides is 1. The van der Waals surface area contributed by atoms with E-state index in [0.717, 1.165) is 9.88 Å². The number of carboxylic acids is 1. The van der Waals surface area contributed by atoms with Crippen molar-refractivity contribution in [2.24, 2.45) is 5.92 Å². The second kappa shape index (κ2) is 9.65. The lowest BCUT2D eigenvalue weighted by Crippen LogP contribution is -2.38. The molecule has 1 unspecified atom stereocenters. The summed E-state index contributed by atoms with van der Waals surface area (Å²) in [7, 11) is 0. The maximum absolute atomic E-state index is 12.8. The van der Waals surface area contributed by atoms with Gasteiger partial charge in [0.05, 0.1) is 10.8 Å². The minimum atomic E-state index is -0.917. The monoisotopic (exact) mass is 382 g/mol. The van der Waals surface area contributed by atoms with Crippen LogP contribution in [-0.2, 0) is 9.53 Å². The van der Waals surface area contributed by atoms with E-state index in [-0.39, 0.29) is 12.5 Å². The summed E-state index contributed by atoms with van der Waals surface area (Å²) in [5.74, 6) is -1.78. The van der Waals surface area contributed by atoms with Crippen LogP contribution in [-0.4, -0.2) is 53.2 Å². The van der Waals surface area contributed by atoms with Crippen molar-refractivity contribution in [1.82, 2.24) is 9.88 Å². The predicted molar refractivity (Wildman–Crippen MR) is 99.2 cm³/mol. The Hall–Kier alpha value is -1.77. The fourth-order valence-corrected chi connectivity index (χ4v) is 3.84. The van der Waals surface area contributed by atoms with Crippen molar-refractivity contribution in [3.05, 3.63) is 28.6 Å². The Morgan fingerprint density at radius 1 is 1.40 bits per heavy atom. The van der Waals surface area contributed by atoms with Gasteiger partial charge in [-0.15, -0.1) is 22.7 Å². The van der Waals surface area contributed by atoms with Crippen molar-refractivity contribution in [1.29, 1.82) is 0 Å². The van der Waals surface area contributed by atoms with Gasteiger partial charge in [-0.25, -0.2) is 4.98 Å². The van der Waals surface area contributed by atoms with Crippen LogP contribution in [0.5, 0.6) is 0 Å². The fraction of sp³-hybridized carbons (Fsp3) is 0.471. The average molecular weight is 383 g/mol. The highest BCUT2D eigenvalue weighted by molar-refractivity contribution is 7.20. The first-order valence-electron chi connectivity index (χ1n) is 8.12. The average Bonchev–Trinajstić information content (AvgIpc) is 3.27. The van der Waals surface area contributed by atoms with E-state index in [9.17, 15) is 9.59 Å². The maximum Gasteiger partial charge on any atom is 0.308 e. The third-order valence-electron chi connectivity index (χ3n) is 3.58. The van der Waals surface area contributed by atoms with Crippen molar-refractivity contribution in [3.63, 3.8) is 0 Å². The molecule has 136 valence electrons. The topological polar surface area (TPSA) is 79.7 Å². The maximum atomic E-state index is 12.8. The van der Waals surface area contributed by atoms with Crippen LogP contribution in [0.3, 0.4) is 0 Å². The van der Waals surface area contributed by atoms with Crippen molar-refractivity contribution in [3.8, 4) is 9.88 Å². The third kappa shape index (κ3) is 5.62. The molecule has 0 aliphatic rings. The number of carboxylic acid groups (broad SMARTS) is 1. The Labute approximate surface area is 155 Å². The zero-order valence-electron chi connectivity index (χ0n) is 14.3. The van der Waals surface area contributed by atoms with Crippen LogP contribution in [0.4, 0.5) is 0 Å². The number of rotatable bonds is 10. The van der Waals surface area contributed by atoms with E-state index < -0.39 is 11.9 Å². The first kappa shape index (κ1) is 19.6. The van der Waals surface area contributed by atoms with Gasteiger partial charge < -0.3 is 14.7 Å². The molecule has 25 heavy (non-hydrogen) atoms. The van der Waals surface area contributed by atoms with Crippen LogP contribution < -0.4 is 0 Å². The van der Waals surface area contributed by atoms with Gasteiger partial charge in [0, 0.05) is 31.7 Å². The molecule has 0 saturated carbocycles. The Morgan fingerprint density at radius 2 is 2.20 bits per heavy atom. The van der Waals surface area contributed by atoms with E-state index in [1.807, 2.05) is 24.4 Å². The molecule has 0 saturated heterocycles. The van der Waals surface area contributed by atoms with Gasteiger partial charge in [0.2, 0.25) is 0 Å². The minimum absolute atomic E-state index is 0.159. The van der Waals surface area contributed by atoms with E-state index in [0.29, 0.717) is 31.9 Å². The summed E-state index contributed by atoms with van der Waals surface area (Å²) in [5.41, 5.74) is 0.363. The summed E-state index contributed by atoms with van der Waals surface area (Å²) in [4.78, 5) is 31.0. The van der Waals surface area contributed by atoms with Crippen LogP contribution >= 0.6 is 22.7 Å². The van der Waals surface area contributed by atoms with E-state index >= 15 is 0 Å². The molecular weight excluding hydrogens is 360 g/mol. The largest absolute Gasteiger partial charge is 0.481 e. The molecule has 2 aromatic rings. The Morgan fingerprint density at radius 3 is 2.84 bits per heavy atom. The lowest BCUT2D eigenvalue weighted by Gasteiger charge is -2.23. The molecule has 1 amide bonds. The Balaban J connectivity index is 2.08. The first-order valence-corrected chi connectivity index (χ1v) is 9.88. The smallest absolute Gasteiger partial charge is 0.308 e. The molecule has 0 spiro atoms. The standard InChI is InChI=1S/C17H22N2O4S2/c1-3-23-8-5-7-19(10-12(2)17(21)22)16(20)13-11-25-15(18-13)14-6-4-9-24-14/h4,6,9,11-12H,3,5,7-8,10H2,1-2H3,(H,21,22). The molecule has 0 aromatic carbocycles. The zero-order valence-corrected chi connectivity index (χ0v) is 15.9. The van der Waals surface area contributed by atoms with E-state index in [1.165, 1.54) is 11.3 Å². The van der Waals surface area contributed by atoms with Gasteiger partial charge in [-0.2, -0.15) is 0 Å². The Bertz CT molecular complexity index is 685. The summed E-state index contributed by atoms with van der Waals surface area (Å²) in [5, 5.41) is 13.7. The third-order valence-corrected chi connectivity index (χ3v) is 5.46. The van der Waals surface area contributed by atoms with Crippen LogP contribution in [0.25, 0.3) is 9.88 Å². The van der Waals surface area contributed by atoms with Crippen LogP contribution in [0.15, 0.2) is 22.9 Å². The number of thiophene rings is 1. The number of hydrogen-bond acceptors (Lipinski definition) is 6. The second-order valence-corrected chi connectivity index (χ2v) is 7.36. The summed E-state index contributed by atoms with van der Waals surface area (Å²) in [6.45, 7) is 5.28. The van der Waals surface area contributed by atoms with Crippen LogP contribution in [0.1, 0.15) is 30.8 Å². The lowest BCUT2D eigenvalue weighted by molar-refractivity contribution is -0.141. The summed E-state index contributed by atoms with van der Waals surface area (Å²) < 4.78 is 5.31. The molecule has 0 radical (unpaired) electrons. The predicted octanol–water partition coefficient (Wildman–Crippen LogP) is 3.46. The highest BCUT2D eigenvalue weighted by Crippen LogP contribution is 2.28. The van der Waals surface area contributed by atoms with Gasteiger partial charge in [0.25, 0.3) is 5.91 Å².